The largest absolute Gasteiger partial charge is 0.310 e. The number of benzene rings is 13. The molecule has 0 aliphatic rings. The third-order valence-electron chi connectivity index (χ3n) is 18.1. The minimum absolute atomic E-state index is 0.766. The van der Waals surface area contributed by atoms with Crippen LogP contribution in [0, 0.1) is 0 Å². The normalized spacial score (nSPS) is 11.3. The molecule has 17 aromatic rings. The molecular formula is C88H62N8. The molecule has 0 unspecified atom stereocenters. The zero-order chi connectivity index (χ0) is 63.7. The summed E-state index contributed by atoms with van der Waals surface area (Å²) >= 11 is 0. The van der Waals surface area contributed by atoms with Crippen LogP contribution >= 0.6 is 0 Å². The van der Waals surface area contributed by atoms with Crippen LogP contribution in [0.3, 0.4) is 0 Å². The van der Waals surface area contributed by atoms with Gasteiger partial charge in [-0.05, 0) is 211 Å². The van der Waals surface area contributed by atoms with Crippen molar-refractivity contribution in [1.29, 1.82) is 0 Å². The highest BCUT2D eigenvalue weighted by Gasteiger charge is 2.25. The third kappa shape index (κ3) is 10.6. The molecular weight excluding hydrogens is 1170 g/mol. The third-order valence-corrected chi connectivity index (χ3v) is 18.1. The molecule has 4 aromatic heterocycles. The zero-order valence-electron chi connectivity index (χ0n) is 52.4. The quantitative estimate of drug-likeness (QED) is 0.0961. The van der Waals surface area contributed by atoms with Crippen LogP contribution < -0.4 is 19.6 Å². The van der Waals surface area contributed by atoms with Crippen LogP contribution in [-0.2, 0) is 0 Å². The van der Waals surface area contributed by atoms with Crippen LogP contribution in [0.4, 0.5) is 68.2 Å². The molecule has 17 rings (SSSR count). The van der Waals surface area contributed by atoms with E-state index in [0.29, 0.717) is 0 Å². The second-order valence-electron chi connectivity index (χ2n) is 23.9. The predicted octanol–water partition coefficient (Wildman–Crippen LogP) is 23.9. The van der Waals surface area contributed by atoms with Crippen LogP contribution in [0.25, 0.3) is 77.5 Å². The standard InChI is InChI=1S/C88H62N8/c1-9-30-67(31-10-1)91(68-32-11-2-12-33-68)75-46-50-83-79(58-75)80-59-76(92(69-34-13-3-14-35-69)70-36-15-4-16-37-70)47-51-84(80)95(83)87-56-66(64-28-25-27-63(55-64)65-29-26-54-89-62-65)57-88(90-87)96-85-52-48-77(93(71-38-17-5-18-39-71)72-40-19-6-20-41-72)60-81(85)82-61-78(49-53-86(82)96)94(73-42-21-7-22-43-73)74-44-23-8-24-45-74/h1-62H. The molecule has 454 valence electrons. The van der Waals surface area contributed by atoms with E-state index < -0.39 is 0 Å². The summed E-state index contributed by atoms with van der Waals surface area (Å²) in [6.07, 6.45) is 3.76. The van der Waals surface area contributed by atoms with E-state index in [1.165, 1.54) is 0 Å². The average molecular weight is 1230 g/mol. The highest BCUT2D eigenvalue weighted by molar-refractivity contribution is 6.14. The van der Waals surface area contributed by atoms with Gasteiger partial charge in [-0.25, -0.2) is 4.98 Å². The smallest absolute Gasteiger partial charge is 0.140 e. The van der Waals surface area contributed by atoms with Gasteiger partial charge in [0.05, 0.1) is 22.1 Å². The lowest BCUT2D eigenvalue weighted by Crippen LogP contribution is -2.09. The van der Waals surface area contributed by atoms with Gasteiger partial charge in [0, 0.05) is 108 Å². The van der Waals surface area contributed by atoms with E-state index >= 15 is 0 Å². The van der Waals surface area contributed by atoms with E-state index in [-0.39, 0.29) is 0 Å². The van der Waals surface area contributed by atoms with Gasteiger partial charge in [-0.2, -0.15) is 0 Å². The number of anilines is 12. The molecule has 0 aliphatic carbocycles. The minimum atomic E-state index is 0.766. The summed E-state index contributed by atoms with van der Waals surface area (Å²) in [5, 5.41) is 4.31. The van der Waals surface area contributed by atoms with Crippen LogP contribution in [0.1, 0.15) is 0 Å². The summed E-state index contributed by atoms with van der Waals surface area (Å²) in [6, 6.07) is 130. The lowest BCUT2D eigenvalue weighted by atomic mass is 10.0. The molecule has 0 amide bonds. The fraction of sp³-hybridized carbons (Fsp3) is 0. The lowest BCUT2D eigenvalue weighted by molar-refractivity contribution is 1.01. The number of hydrogen-bond acceptors (Lipinski definition) is 6. The fourth-order valence-corrected chi connectivity index (χ4v) is 13.8. The zero-order valence-corrected chi connectivity index (χ0v) is 52.4. The summed E-state index contributed by atoms with van der Waals surface area (Å²) in [5.74, 6) is 1.53. The number of aromatic nitrogens is 4. The molecule has 13 aromatic carbocycles. The van der Waals surface area contributed by atoms with Crippen molar-refractivity contribution in [2.45, 2.75) is 0 Å². The van der Waals surface area contributed by atoms with Crippen LogP contribution in [0.2, 0.25) is 0 Å². The molecule has 8 nitrogen and oxygen atoms in total. The number of hydrogen-bond donors (Lipinski definition) is 0. The van der Waals surface area contributed by atoms with Crippen molar-refractivity contribution in [3.05, 3.63) is 376 Å². The summed E-state index contributed by atoms with van der Waals surface area (Å²) in [7, 11) is 0. The topological polar surface area (TPSA) is 48.6 Å². The van der Waals surface area contributed by atoms with Gasteiger partial charge in [0.25, 0.3) is 0 Å². The van der Waals surface area contributed by atoms with E-state index in [1.807, 2.05) is 18.5 Å². The maximum absolute atomic E-state index is 6.01. The second kappa shape index (κ2) is 24.9. The van der Waals surface area contributed by atoms with Crippen LogP contribution in [0.15, 0.2) is 376 Å². The summed E-state index contributed by atoms with van der Waals surface area (Å²) < 4.78 is 4.75. The first-order chi connectivity index (χ1) is 47.6. The van der Waals surface area contributed by atoms with E-state index in [9.17, 15) is 0 Å². The molecule has 0 saturated carbocycles. The van der Waals surface area contributed by atoms with Crippen molar-refractivity contribution in [3.63, 3.8) is 0 Å². The van der Waals surface area contributed by atoms with Gasteiger partial charge < -0.3 is 19.6 Å². The first kappa shape index (κ1) is 56.9. The van der Waals surface area contributed by atoms with Crippen molar-refractivity contribution in [3.8, 4) is 33.9 Å². The first-order valence-corrected chi connectivity index (χ1v) is 32.4. The number of rotatable bonds is 16. The van der Waals surface area contributed by atoms with Gasteiger partial charge >= 0.3 is 0 Å². The second-order valence-corrected chi connectivity index (χ2v) is 23.9. The molecule has 4 heterocycles. The van der Waals surface area contributed by atoms with E-state index in [0.717, 1.165) is 146 Å². The van der Waals surface area contributed by atoms with Gasteiger partial charge in [-0.1, -0.05) is 170 Å². The summed E-state index contributed by atoms with van der Waals surface area (Å²) in [4.78, 5) is 19.9. The Labute approximate surface area is 557 Å². The highest BCUT2D eigenvalue weighted by Crippen LogP contribution is 2.47. The van der Waals surface area contributed by atoms with Gasteiger partial charge in [-0.3, -0.25) is 14.1 Å². The van der Waals surface area contributed by atoms with Gasteiger partial charge in [0.15, 0.2) is 0 Å². The van der Waals surface area contributed by atoms with Crippen molar-refractivity contribution in [2.24, 2.45) is 0 Å². The molecule has 0 spiro atoms. The monoisotopic (exact) mass is 1230 g/mol. The number of pyridine rings is 2. The average Bonchev–Trinajstić information content (AvgIpc) is 1.57. The van der Waals surface area contributed by atoms with Crippen LogP contribution in [0.5, 0.6) is 0 Å². The Morgan fingerprint density at radius 2 is 0.458 bits per heavy atom. The van der Waals surface area contributed by atoms with Crippen molar-refractivity contribution in [2.75, 3.05) is 19.6 Å². The van der Waals surface area contributed by atoms with E-state index in [1.54, 1.807) is 0 Å². The maximum atomic E-state index is 6.01. The first-order valence-electron chi connectivity index (χ1n) is 32.4. The molecule has 0 atom stereocenters. The number of para-hydroxylation sites is 8. The Balaban J connectivity index is 0.945. The van der Waals surface area contributed by atoms with E-state index in [2.05, 4.69) is 392 Å². The molecule has 0 saturated heterocycles. The summed E-state index contributed by atoms with van der Waals surface area (Å²) in [6.45, 7) is 0. The van der Waals surface area contributed by atoms with Gasteiger partial charge in [0.1, 0.15) is 11.6 Å². The Morgan fingerprint density at radius 1 is 0.198 bits per heavy atom. The van der Waals surface area contributed by atoms with Crippen molar-refractivity contribution in [1.82, 2.24) is 19.1 Å². The predicted molar refractivity (Wildman–Crippen MR) is 400 cm³/mol. The fourth-order valence-electron chi connectivity index (χ4n) is 13.8. The van der Waals surface area contributed by atoms with Gasteiger partial charge in [0.2, 0.25) is 0 Å². The minimum Gasteiger partial charge on any atom is -0.310 e. The Kier molecular flexibility index (Phi) is 14.7. The summed E-state index contributed by atoms with van der Waals surface area (Å²) in [5.41, 5.74) is 20.8. The molecule has 0 radical (unpaired) electrons. The molecule has 96 heavy (non-hydrogen) atoms. The van der Waals surface area contributed by atoms with Crippen molar-refractivity contribution < 1.29 is 0 Å². The Hall–Kier alpha value is -13.0. The molecule has 0 bridgehead atoms. The molecule has 0 N–H and O–H groups in total. The number of fused-ring (bicyclic) bond motifs is 6. The Morgan fingerprint density at radius 3 is 0.719 bits per heavy atom. The van der Waals surface area contributed by atoms with Crippen LogP contribution in [-0.4, -0.2) is 19.1 Å². The van der Waals surface area contributed by atoms with E-state index in [4.69, 9.17) is 4.98 Å². The maximum Gasteiger partial charge on any atom is 0.140 e. The molecule has 0 fully saturated rings. The highest BCUT2D eigenvalue weighted by atomic mass is 15.2. The molecule has 0 aliphatic heterocycles. The number of nitrogens with zero attached hydrogens (tertiary/aromatic N) is 8. The Bertz CT molecular complexity index is 4830. The van der Waals surface area contributed by atoms with Gasteiger partial charge in [-0.15, -0.1) is 0 Å². The van der Waals surface area contributed by atoms with Crippen molar-refractivity contribution >= 4 is 112 Å². The SMILES string of the molecule is c1ccc(N(c2ccccc2)c2ccc3c(c2)c2cc(N(c4ccccc4)c4ccccc4)ccc2n3-c2cc(-c3cccc(-c4cccnc4)c3)cc(-n3c4ccc(N(c5ccccc5)c5ccccc5)cc4c4cc(N(c5ccccc5)c5ccccc5)ccc43)n2)cc1. The lowest BCUT2D eigenvalue weighted by Gasteiger charge is -2.26. The molecule has 8 heteroatoms.